The van der Waals surface area contributed by atoms with Crippen LogP contribution in [0.1, 0.15) is 10.4 Å². The van der Waals surface area contributed by atoms with E-state index in [2.05, 4.69) is 26.3 Å². The molecule has 0 unspecified atom stereocenters. The lowest BCUT2D eigenvalue weighted by Gasteiger charge is -2.32. The first-order valence-electron chi connectivity index (χ1n) is 9.74. The van der Waals surface area contributed by atoms with E-state index >= 15 is 0 Å². The van der Waals surface area contributed by atoms with Gasteiger partial charge in [-0.1, -0.05) is 12.1 Å². The Morgan fingerprint density at radius 1 is 1.00 bits per heavy atom. The van der Waals surface area contributed by atoms with Crippen LogP contribution in [0.15, 0.2) is 36.7 Å². The average Bonchev–Trinajstić information content (AvgIpc) is 2.80. The lowest BCUT2D eigenvalue weighted by atomic mass is 10.2. The number of carbonyl (C=O) groups excluding carboxylic acids is 2. The summed E-state index contributed by atoms with van der Waals surface area (Å²) in [4.78, 5) is 37.7. The Kier molecular flexibility index (Phi) is 5.85. The molecule has 1 N–H and O–H groups in total. The van der Waals surface area contributed by atoms with Crippen molar-refractivity contribution in [3.63, 3.8) is 0 Å². The van der Waals surface area contributed by atoms with E-state index in [-0.39, 0.29) is 5.91 Å². The van der Waals surface area contributed by atoms with Gasteiger partial charge in [0.05, 0.1) is 30.2 Å². The Hall–Kier alpha value is -3.20. The van der Waals surface area contributed by atoms with Crippen molar-refractivity contribution < 1.29 is 14.3 Å². The molecule has 4 rings (SSSR count). The fourth-order valence-corrected chi connectivity index (χ4v) is 3.50. The van der Waals surface area contributed by atoms with Crippen molar-refractivity contribution in [2.75, 3.05) is 62.7 Å². The van der Waals surface area contributed by atoms with E-state index in [1.165, 1.54) is 0 Å². The highest BCUT2D eigenvalue weighted by Gasteiger charge is 2.22. The molecule has 0 spiro atoms. The Morgan fingerprint density at radius 2 is 1.69 bits per heavy atom. The summed E-state index contributed by atoms with van der Waals surface area (Å²) < 4.78 is 5.43. The molecule has 152 valence electrons. The fraction of sp³-hybridized carbons (Fsp3) is 0.400. The van der Waals surface area contributed by atoms with E-state index < -0.39 is 0 Å². The molecule has 2 aliphatic rings. The number of para-hydroxylation sites is 2. The molecule has 0 atom stereocenters. The van der Waals surface area contributed by atoms with Gasteiger partial charge in [-0.05, 0) is 12.1 Å². The van der Waals surface area contributed by atoms with Crippen LogP contribution in [-0.2, 0) is 9.53 Å². The summed E-state index contributed by atoms with van der Waals surface area (Å²) in [5.41, 5.74) is 2.43. The van der Waals surface area contributed by atoms with Crippen LogP contribution in [0.25, 0.3) is 0 Å². The second-order valence-electron chi connectivity index (χ2n) is 6.97. The first kappa shape index (κ1) is 19.1. The molecule has 2 amide bonds. The molecule has 2 fully saturated rings. The van der Waals surface area contributed by atoms with E-state index in [1.807, 2.05) is 18.2 Å². The van der Waals surface area contributed by atoms with E-state index in [0.717, 1.165) is 30.9 Å². The molecule has 2 aromatic rings. The number of anilines is 3. The zero-order valence-corrected chi connectivity index (χ0v) is 16.2. The molecule has 2 saturated heterocycles. The third-order valence-corrected chi connectivity index (χ3v) is 5.15. The standard InChI is InChI=1S/C20H24N6O3/c27-15-24-5-7-26(8-6-24)19(28)16-13-21-20(22-14-16)23-17-3-1-2-4-18(17)25-9-11-29-12-10-25/h1-4,13-15H,5-12H2,(H,21,22,23). The lowest BCUT2D eigenvalue weighted by Crippen LogP contribution is -2.48. The van der Waals surface area contributed by atoms with Gasteiger partial charge in [0.25, 0.3) is 5.91 Å². The Morgan fingerprint density at radius 3 is 2.38 bits per heavy atom. The number of nitrogens with zero attached hydrogens (tertiary/aromatic N) is 5. The Balaban J connectivity index is 1.43. The van der Waals surface area contributed by atoms with Crippen molar-refractivity contribution in [2.45, 2.75) is 0 Å². The fourth-order valence-electron chi connectivity index (χ4n) is 3.50. The molecule has 0 radical (unpaired) electrons. The van der Waals surface area contributed by atoms with Crippen LogP contribution in [-0.4, -0.2) is 84.6 Å². The third kappa shape index (κ3) is 4.45. The smallest absolute Gasteiger partial charge is 0.257 e. The van der Waals surface area contributed by atoms with Crippen molar-refractivity contribution in [3.8, 4) is 0 Å². The zero-order valence-electron chi connectivity index (χ0n) is 16.2. The van der Waals surface area contributed by atoms with Crippen LogP contribution in [0.3, 0.4) is 0 Å². The van der Waals surface area contributed by atoms with Crippen LogP contribution < -0.4 is 10.2 Å². The highest BCUT2D eigenvalue weighted by atomic mass is 16.5. The summed E-state index contributed by atoms with van der Waals surface area (Å²) in [7, 11) is 0. The van der Waals surface area contributed by atoms with Gasteiger partial charge in [0.15, 0.2) is 0 Å². The highest BCUT2D eigenvalue weighted by Crippen LogP contribution is 2.28. The second kappa shape index (κ2) is 8.87. The zero-order chi connectivity index (χ0) is 20.1. The predicted molar refractivity (Wildman–Crippen MR) is 108 cm³/mol. The normalized spacial score (nSPS) is 17.2. The molecule has 3 heterocycles. The Labute approximate surface area is 169 Å². The summed E-state index contributed by atoms with van der Waals surface area (Å²) in [6.07, 6.45) is 3.91. The van der Waals surface area contributed by atoms with Gasteiger partial charge in [-0.25, -0.2) is 9.97 Å². The molecule has 0 aliphatic carbocycles. The van der Waals surface area contributed by atoms with Gasteiger partial charge in [-0.2, -0.15) is 0 Å². The maximum Gasteiger partial charge on any atom is 0.257 e. The summed E-state index contributed by atoms with van der Waals surface area (Å²) >= 11 is 0. The van der Waals surface area contributed by atoms with Gasteiger partial charge in [-0.15, -0.1) is 0 Å². The van der Waals surface area contributed by atoms with Crippen molar-refractivity contribution >= 4 is 29.6 Å². The molecular formula is C20H24N6O3. The number of ether oxygens (including phenoxy) is 1. The molecular weight excluding hydrogens is 372 g/mol. The SMILES string of the molecule is O=CN1CCN(C(=O)c2cnc(Nc3ccccc3N3CCOCC3)nc2)CC1. The maximum atomic E-state index is 12.6. The number of morpholine rings is 1. The van der Waals surface area contributed by atoms with Gasteiger partial charge in [0, 0.05) is 51.7 Å². The van der Waals surface area contributed by atoms with Crippen molar-refractivity contribution in [3.05, 3.63) is 42.2 Å². The molecule has 9 nitrogen and oxygen atoms in total. The largest absolute Gasteiger partial charge is 0.378 e. The number of aromatic nitrogens is 2. The van der Waals surface area contributed by atoms with Crippen LogP contribution >= 0.6 is 0 Å². The van der Waals surface area contributed by atoms with E-state index in [1.54, 1.807) is 22.2 Å². The van der Waals surface area contributed by atoms with E-state index in [4.69, 9.17) is 4.74 Å². The summed E-state index contributed by atoms with van der Waals surface area (Å²) in [6, 6.07) is 8.01. The van der Waals surface area contributed by atoms with Gasteiger partial charge in [0.1, 0.15) is 0 Å². The van der Waals surface area contributed by atoms with Gasteiger partial charge < -0.3 is 24.8 Å². The number of rotatable bonds is 5. The number of hydrogen-bond acceptors (Lipinski definition) is 7. The molecule has 0 saturated carbocycles. The molecule has 2 aliphatic heterocycles. The minimum Gasteiger partial charge on any atom is -0.378 e. The number of amides is 2. The number of carbonyl (C=O) groups is 2. The molecule has 0 bridgehead atoms. The van der Waals surface area contributed by atoms with Crippen LogP contribution in [0.4, 0.5) is 17.3 Å². The predicted octanol–water partition coefficient (Wildman–Crippen LogP) is 0.971. The van der Waals surface area contributed by atoms with Crippen molar-refractivity contribution in [1.82, 2.24) is 19.8 Å². The summed E-state index contributed by atoms with van der Waals surface area (Å²) in [5, 5.41) is 3.25. The molecule has 1 aromatic carbocycles. The van der Waals surface area contributed by atoms with Crippen molar-refractivity contribution in [1.29, 1.82) is 0 Å². The van der Waals surface area contributed by atoms with Crippen molar-refractivity contribution in [2.24, 2.45) is 0 Å². The van der Waals surface area contributed by atoms with Gasteiger partial charge in [-0.3, -0.25) is 9.59 Å². The number of hydrogen-bond donors (Lipinski definition) is 1. The first-order chi connectivity index (χ1) is 14.2. The topological polar surface area (TPSA) is 90.9 Å². The highest BCUT2D eigenvalue weighted by molar-refractivity contribution is 5.93. The van der Waals surface area contributed by atoms with Crippen LogP contribution in [0.2, 0.25) is 0 Å². The van der Waals surface area contributed by atoms with E-state index in [0.29, 0.717) is 50.9 Å². The van der Waals surface area contributed by atoms with Gasteiger partial charge >= 0.3 is 0 Å². The Bertz CT molecular complexity index is 846. The summed E-state index contributed by atoms with van der Waals surface area (Å²) in [6.45, 7) is 5.23. The second-order valence-corrected chi connectivity index (χ2v) is 6.97. The number of piperazine rings is 1. The number of nitrogens with one attached hydrogen (secondary N) is 1. The third-order valence-electron chi connectivity index (χ3n) is 5.15. The maximum absolute atomic E-state index is 12.6. The molecule has 29 heavy (non-hydrogen) atoms. The van der Waals surface area contributed by atoms with Gasteiger partial charge in [0.2, 0.25) is 12.4 Å². The van der Waals surface area contributed by atoms with Crippen LogP contribution in [0.5, 0.6) is 0 Å². The first-order valence-corrected chi connectivity index (χ1v) is 9.74. The molecule has 1 aromatic heterocycles. The molecule has 9 heteroatoms. The lowest BCUT2D eigenvalue weighted by molar-refractivity contribution is -0.119. The van der Waals surface area contributed by atoms with E-state index in [9.17, 15) is 9.59 Å². The summed E-state index contributed by atoms with van der Waals surface area (Å²) in [5.74, 6) is 0.323. The average molecular weight is 396 g/mol. The minimum absolute atomic E-state index is 0.115. The number of benzene rings is 1. The quantitative estimate of drug-likeness (QED) is 0.753. The monoisotopic (exact) mass is 396 g/mol. The minimum atomic E-state index is -0.115. The van der Waals surface area contributed by atoms with Crippen LogP contribution in [0, 0.1) is 0 Å².